The molecule has 5 nitrogen and oxygen atoms in total. The van der Waals surface area contributed by atoms with Crippen molar-refractivity contribution in [1.29, 1.82) is 0 Å². The van der Waals surface area contributed by atoms with E-state index < -0.39 is 10.8 Å². The van der Waals surface area contributed by atoms with Gasteiger partial charge in [-0.25, -0.2) is 0 Å². The molecule has 0 amide bonds. The zero-order chi connectivity index (χ0) is 22.0. The fraction of sp³-hybridized carbons (Fsp3) is 0.160. The van der Waals surface area contributed by atoms with Gasteiger partial charge in [0.05, 0.1) is 10.9 Å². The van der Waals surface area contributed by atoms with Gasteiger partial charge in [0.1, 0.15) is 18.1 Å². The zero-order valence-electron chi connectivity index (χ0n) is 17.4. The number of thiophene rings is 1. The summed E-state index contributed by atoms with van der Waals surface area (Å²) in [5.41, 5.74) is 1.58. The molecular weight excluding hydrogens is 410 g/mol. The molecule has 0 radical (unpaired) electrons. The van der Waals surface area contributed by atoms with Crippen molar-refractivity contribution < 1.29 is 19.2 Å². The van der Waals surface area contributed by atoms with Gasteiger partial charge in [-0.3, -0.25) is 4.79 Å². The van der Waals surface area contributed by atoms with Gasteiger partial charge in [0.2, 0.25) is 0 Å². The quantitative estimate of drug-likeness (QED) is 0.324. The highest BCUT2D eigenvalue weighted by atomic mass is 32.2. The van der Waals surface area contributed by atoms with Crippen LogP contribution in [0, 0.1) is 0 Å². The van der Waals surface area contributed by atoms with Gasteiger partial charge in [-0.1, -0.05) is 12.1 Å². The standard InChI is InChI=1S/C25H23NO4S/c1-26(2)15-16-30-20-13-9-17(10-14-20)24(28)23-21-5-3-4-6-22(21)31(29)25(23)18-7-11-19(27)12-8-18/h3-14,27H,15-16H2,1-2H3. The fourth-order valence-electron chi connectivity index (χ4n) is 3.44. The van der Waals surface area contributed by atoms with Crippen LogP contribution in [-0.4, -0.2) is 47.6 Å². The van der Waals surface area contributed by atoms with Gasteiger partial charge in [-0.05, 0) is 85.5 Å². The Balaban J connectivity index is 1.74. The first-order valence-electron chi connectivity index (χ1n) is 9.93. The Labute approximate surface area is 183 Å². The molecule has 0 aliphatic carbocycles. The molecule has 4 aromatic rings. The molecule has 0 bridgehead atoms. The number of carbonyl (C=O) groups is 1. The van der Waals surface area contributed by atoms with E-state index in [0.717, 1.165) is 6.54 Å². The molecule has 3 aromatic carbocycles. The lowest BCUT2D eigenvalue weighted by molar-refractivity contribution is 0.104. The molecule has 1 unspecified atom stereocenters. The average molecular weight is 434 g/mol. The first-order chi connectivity index (χ1) is 15.0. The lowest BCUT2D eigenvalue weighted by Gasteiger charge is -2.11. The summed E-state index contributed by atoms with van der Waals surface area (Å²) in [7, 11) is 2.48. The lowest BCUT2D eigenvalue weighted by Crippen LogP contribution is -2.19. The van der Waals surface area contributed by atoms with E-state index >= 15 is 0 Å². The molecule has 0 aliphatic rings. The molecule has 1 heterocycles. The predicted octanol–water partition coefficient (Wildman–Crippen LogP) is 5.11. The predicted molar refractivity (Wildman–Crippen MR) is 124 cm³/mol. The number of rotatable bonds is 7. The van der Waals surface area contributed by atoms with E-state index in [0.29, 0.717) is 44.0 Å². The van der Waals surface area contributed by atoms with Crippen molar-refractivity contribution in [2.75, 3.05) is 27.2 Å². The van der Waals surface area contributed by atoms with Crippen LogP contribution in [0.1, 0.15) is 15.9 Å². The first-order valence-corrected chi connectivity index (χ1v) is 11.1. The number of ether oxygens (including phenoxy) is 1. The number of ketones is 1. The number of aromatic hydroxyl groups is 1. The van der Waals surface area contributed by atoms with E-state index in [1.165, 1.54) is 12.1 Å². The van der Waals surface area contributed by atoms with E-state index in [1.807, 2.05) is 37.2 Å². The molecule has 0 saturated heterocycles. The summed E-state index contributed by atoms with van der Waals surface area (Å²) in [6.07, 6.45) is 0. The Morgan fingerprint density at radius 1 is 1.00 bits per heavy atom. The summed E-state index contributed by atoms with van der Waals surface area (Å²) >= 11 is 0. The molecule has 1 aromatic heterocycles. The highest BCUT2D eigenvalue weighted by Gasteiger charge is 2.29. The van der Waals surface area contributed by atoms with Crippen molar-refractivity contribution in [2.45, 2.75) is 0 Å². The molecule has 0 saturated carbocycles. The monoisotopic (exact) mass is 433 g/mol. The number of likely N-dealkylation sites (N-methyl/N-ethyl adjacent to an activating group) is 1. The van der Waals surface area contributed by atoms with E-state index in [-0.39, 0.29) is 11.5 Å². The van der Waals surface area contributed by atoms with Crippen LogP contribution in [-0.2, 0) is 0 Å². The molecule has 158 valence electrons. The minimum absolute atomic E-state index is 0.114. The highest BCUT2D eigenvalue weighted by Crippen LogP contribution is 2.45. The Morgan fingerprint density at radius 3 is 2.35 bits per heavy atom. The Kier molecular flexibility index (Phi) is 6.04. The third-order valence-corrected chi connectivity index (χ3v) is 6.61. The van der Waals surface area contributed by atoms with Crippen LogP contribution >= 0.6 is 10.8 Å². The van der Waals surface area contributed by atoms with E-state index in [1.54, 1.807) is 42.5 Å². The highest BCUT2D eigenvalue weighted by molar-refractivity contribution is 7.35. The smallest absolute Gasteiger partial charge is 0.199 e. The summed E-state index contributed by atoms with van der Waals surface area (Å²) in [6.45, 7) is 1.36. The van der Waals surface area contributed by atoms with Crippen LogP contribution in [0.4, 0.5) is 0 Å². The first kappa shape index (κ1) is 21.1. The van der Waals surface area contributed by atoms with Gasteiger partial charge in [-0.15, -0.1) is 0 Å². The molecule has 0 aliphatic heterocycles. The molecule has 1 N–H and O–H groups in total. The second kappa shape index (κ2) is 8.89. The topological polar surface area (TPSA) is 72.8 Å². The number of benzene rings is 3. The molecule has 0 fully saturated rings. The Bertz CT molecular complexity index is 1210. The SMILES string of the molecule is CN(C)CCOc1ccc(C(=O)c2c(-c3ccc(O)cc3)[s+]([O-])c3ccccc23)cc1. The largest absolute Gasteiger partial charge is 0.590 e. The number of nitrogens with zero attached hydrogens (tertiary/aromatic N) is 1. The summed E-state index contributed by atoms with van der Waals surface area (Å²) in [5.74, 6) is 0.617. The van der Waals surface area contributed by atoms with Crippen molar-refractivity contribution in [1.82, 2.24) is 4.90 Å². The zero-order valence-corrected chi connectivity index (χ0v) is 18.2. The van der Waals surface area contributed by atoms with Gasteiger partial charge in [-0.2, -0.15) is 0 Å². The van der Waals surface area contributed by atoms with E-state index in [4.69, 9.17) is 4.74 Å². The number of hydrogen-bond donors (Lipinski definition) is 1. The summed E-state index contributed by atoms with van der Waals surface area (Å²) in [5, 5.41) is 10.3. The normalized spacial score (nSPS) is 11.8. The van der Waals surface area contributed by atoms with Crippen LogP contribution in [0.3, 0.4) is 0 Å². The minimum atomic E-state index is -1.48. The van der Waals surface area contributed by atoms with Gasteiger partial charge >= 0.3 is 0 Å². The maximum atomic E-state index is 13.5. The van der Waals surface area contributed by atoms with Crippen molar-refractivity contribution >= 4 is 26.6 Å². The van der Waals surface area contributed by atoms with E-state index in [2.05, 4.69) is 0 Å². The summed E-state index contributed by atoms with van der Waals surface area (Å²) in [6, 6.07) is 20.7. The van der Waals surface area contributed by atoms with Crippen molar-refractivity contribution in [3.8, 4) is 21.9 Å². The number of hydrogen-bond acceptors (Lipinski definition) is 5. The van der Waals surface area contributed by atoms with Gasteiger partial charge < -0.3 is 19.3 Å². The molecule has 0 spiro atoms. The maximum absolute atomic E-state index is 13.5. The minimum Gasteiger partial charge on any atom is -0.590 e. The summed E-state index contributed by atoms with van der Waals surface area (Å²) < 4.78 is 19.6. The molecular formula is C25H23NO4S. The Hall–Kier alpha value is -3.19. The van der Waals surface area contributed by atoms with E-state index in [9.17, 15) is 14.5 Å². The van der Waals surface area contributed by atoms with Crippen LogP contribution in [0.5, 0.6) is 11.5 Å². The van der Waals surface area contributed by atoms with Gasteiger partial charge in [0, 0.05) is 17.7 Å². The third kappa shape index (κ3) is 4.32. The maximum Gasteiger partial charge on any atom is 0.199 e. The third-order valence-electron chi connectivity index (χ3n) is 5.05. The summed E-state index contributed by atoms with van der Waals surface area (Å²) in [4.78, 5) is 16.0. The van der Waals surface area contributed by atoms with Crippen LogP contribution in [0.25, 0.3) is 20.5 Å². The van der Waals surface area contributed by atoms with Crippen molar-refractivity contribution in [3.63, 3.8) is 0 Å². The molecule has 4 rings (SSSR count). The van der Waals surface area contributed by atoms with Crippen LogP contribution in [0.2, 0.25) is 0 Å². The van der Waals surface area contributed by atoms with Crippen LogP contribution in [0.15, 0.2) is 72.8 Å². The second-order valence-electron chi connectivity index (χ2n) is 7.52. The fourth-order valence-corrected chi connectivity index (χ4v) is 4.97. The van der Waals surface area contributed by atoms with Crippen molar-refractivity contribution in [3.05, 3.63) is 83.9 Å². The van der Waals surface area contributed by atoms with Crippen molar-refractivity contribution in [2.24, 2.45) is 0 Å². The number of phenols is 1. The number of carbonyl (C=O) groups excluding carboxylic acids is 1. The lowest BCUT2D eigenvalue weighted by atomic mass is 9.97. The van der Waals surface area contributed by atoms with Gasteiger partial charge in [0.25, 0.3) is 0 Å². The Morgan fingerprint density at radius 2 is 1.68 bits per heavy atom. The van der Waals surface area contributed by atoms with Gasteiger partial charge in [0.15, 0.2) is 15.4 Å². The molecule has 1 atom stereocenters. The molecule has 31 heavy (non-hydrogen) atoms. The number of phenolic OH excluding ortho intramolecular Hbond substituents is 1. The molecule has 6 heteroatoms. The second-order valence-corrected chi connectivity index (χ2v) is 8.91. The average Bonchev–Trinajstić information content (AvgIpc) is 3.07. The van der Waals surface area contributed by atoms with Crippen LogP contribution < -0.4 is 4.74 Å². The number of fused-ring (bicyclic) bond motifs is 1.